The number of likely N-dealkylation sites (tertiary alicyclic amines) is 1. The molecule has 0 spiro atoms. The molecule has 2 rings (SSSR count). The predicted molar refractivity (Wildman–Crippen MR) is 87.0 cm³/mol. The summed E-state index contributed by atoms with van der Waals surface area (Å²) in [4.78, 5) is 16.9. The zero-order valence-electron chi connectivity index (χ0n) is 14.2. The van der Waals surface area contributed by atoms with Crippen LogP contribution in [0.15, 0.2) is 0 Å². The lowest BCUT2D eigenvalue weighted by atomic mass is 9.94. The van der Waals surface area contributed by atoms with E-state index in [0.717, 1.165) is 25.9 Å². The summed E-state index contributed by atoms with van der Waals surface area (Å²) in [5.74, 6) is 0.315. The molecule has 0 saturated carbocycles. The quantitative estimate of drug-likeness (QED) is 0.760. The summed E-state index contributed by atoms with van der Waals surface area (Å²) in [5.41, 5.74) is 0. The van der Waals surface area contributed by atoms with Crippen molar-refractivity contribution in [3.63, 3.8) is 0 Å². The normalized spacial score (nSPS) is 26.6. The highest BCUT2D eigenvalue weighted by Gasteiger charge is 2.35. The topological polar surface area (TPSA) is 60.9 Å². The number of carbonyl (C=O) groups is 1. The fraction of sp³-hybridized carbons (Fsp3) is 0.933. The van der Waals surface area contributed by atoms with Crippen molar-refractivity contribution in [1.82, 2.24) is 14.1 Å². The largest absolute Gasteiger partial charge is 0.340 e. The molecule has 0 aromatic carbocycles. The van der Waals surface area contributed by atoms with Gasteiger partial charge in [0, 0.05) is 37.6 Å². The van der Waals surface area contributed by atoms with E-state index in [0.29, 0.717) is 25.7 Å². The third kappa shape index (κ3) is 4.00. The van der Waals surface area contributed by atoms with Gasteiger partial charge in [-0.2, -0.15) is 4.31 Å². The fourth-order valence-electron chi connectivity index (χ4n) is 3.55. The van der Waals surface area contributed by atoms with Crippen molar-refractivity contribution in [2.45, 2.75) is 45.7 Å². The van der Waals surface area contributed by atoms with Gasteiger partial charge in [0.2, 0.25) is 15.9 Å². The van der Waals surface area contributed by atoms with Gasteiger partial charge in [0.15, 0.2) is 0 Å². The molecule has 2 fully saturated rings. The van der Waals surface area contributed by atoms with Gasteiger partial charge in [-0.25, -0.2) is 8.42 Å². The highest BCUT2D eigenvalue weighted by Crippen LogP contribution is 2.23. The summed E-state index contributed by atoms with van der Waals surface area (Å²) < 4.78 is 24.9. The Labute approximate surface area is 134 Å². The van der Waals surface area contributed by atoms with Gasteiger partial charge >= 0.3 is 0 Å². The molecule has 0 aliphatic carbocycles. The molecule has 0 unspecified atom stereocenters. The van der Waals surface area contributed by atoms with Crippen LogP contribution in [0.4, 0.5) is 0 Å². The Balaban J connectivity index is 1.90. The minimum atomic E-state index is -3.18. The van der Waals surface area contributed by atoms with E-state index in [-0.39, 0.29) is 17.9 Å². The van der Waals surface area contributed by atoms with E-state index in [1.54, 1.807) is 0 Å². The minimum absolute atomic E-state index is 0.104. The van der Waals surface area contributed by atoms with Gasteiger partial charge in [-0.15, -0.1) is 0 Å². The maximum atomic E-state index is 12.7. The van der Waals surface area contributed by atoms with Crippen molar-refractivity contribution in [3.8, 4) is 0 Å². The average Bonchev–Trinajstić information content (AvgIpc) is 2.45. The van der Waals surface area contributed by atoms with Crippen LogP contribution in [0.1, 0.15) is 33.6 Å². The molecule has 2 aliphatic rings. The smallest absolute Gasteiger partial charge is 0.225 e. The molecule has 0 aromatic heterocycles. The molecule has 2 heterocycles. The lowest BCUT2D eigenvalue weighted by Gasteiger charge is -2.41. The maximum Gasteiger partial charge on any atom is 0.225 e. The third-order valence-electron chi connectivity index (χ3n) is 4.91. The summed E-state index contributed by atoms with van der Waals surface area (Å²) in [5, 5.41) is 0. The van der Waals surface area contributed by atoms with Crippen molar-refractivity contribution in [3.05, 3.63) is 0 Å². The van der Waals surface area contributed by atoms with Gasteiger partial charge in [-0.05, 0) is 46.7 Å². The summed E-state index contributed by atoms with van der Waals surface area (Å²) in [6, 6.07) is 0.401. The molecular weight excluding hydrogens is 302 g/mol. The second-order valence-electron chi connectivity index (χ2n) is 6.91. The van der Waals surface area contributed by atoms with E-state index in [4.69, 9.17) is 0 Å². The number of carbonyl (C=O) groups excluding carboxylic acids is 1. The molecule has 22 heavy (non-hydrogen) atoms. The standard InChI is InChI=1S/C15H29N3O3S/c1-12(2)16-7-5-14(6-8-16)15(19)17-9-10-18(13(3)11-17)22(4,20)21/h12-14H,5-11H2,1-4H3/t13-/m0/s1. The van der Waals surface area contributed by atoms with Crippen LogP contribution in [0, 0.1) is 5.92 Å². The molecule has 0 aromatic rings. The van der Waals surface area contributed by atoms with Crippen LogP contribution in [-0.2, 0) is 14.8 Å². The first-order valence-corrected chi connectivity index (χ1v) is 10.0. The van der Waals surface area contributed by atoms with Crippen LogP contribution in [0.25, 0.3) is 0 Å². The molecule has 1 amide bonds. The number of amides is 1. The van der Waals surface area contributed by atoms with Gasteiger partial charge < -0.3 is 9.80 Å². The molecule has 2 aliphatic heterocycles. The van der Waals surface area contributed by atoms with E-state index in [9.17, 15) is 13.2 Å². The molecule has 0 radical (unpaired) electrons. The van der Waals surface area contributed by atoms with Gasteiger partial charge in [-0.3, -0.25) is 4.79 Å². The first-order valence-electron chi connectivity index (χ1n) is 8.19. The molecule has 0 N–H and O–H groups in total. The van der Waals surface area contributed by atoms with Gasteiger partial charge in [0.25, 0.3) is 0 Å². The molecule has 1 atom stereocenters. The van der Waals surface area contributed by atoms with Crippen molar-refractivity contribution < 1.29 is 13.2 Å². The number of hydrogen-bond donors (Lipinski definition) is 0. The molecule has 128 valence electrons. The Morgan fingerprint density at radius 2 is 1.68 bits per heavy atom. The number of piperidine rings is 1. The summed E-state index contributed by atoms with van der Waals surface area (Å²) in [6.07, 6.45) is 3.07. The molecule has 2 saturated heterocycles. The van der Waals surface area contributed by atoms with Crippen LogP contribution in [0.3, 0.4) is 0 Å². The fourth-order valence-corrected chi connectivity index (χ4v) is 4.69. The Morgan fingerprint density at radius 3 is 2.14 bits per heavy atom. The first kappa shape index (κ1) is 17.7. The van der Waals surface area contributed by atoms with E-state index in [1.165, 1.54) is 10.6 Å². The second kappa shape index (κ2) is 6.84. The highest BCUT2D eigenvalue weighted by atomic mass is 32.2. The van der Waals surface area contributed by atoms with Gasteiger partial charge in [0.05, 0.1) is 6.26 Å². The average molecular weight is 331 g/mol. The zero-order valence-corrected chi connectivity index (χ0v) is 15.0. The van der Waals surface area contributed by atoms with Crippen LogP contribution < -0.4 is 0 Å². The minimum Gasteiger partial charge on any atom is -0.340 e. The Morgan fingerprint density at radius 1 is 1.09 bits per heavy atom. The Bertz CT molecular complexity index is 498. The monoisotopic (exact) mass is 331 g/mol. The molecule has 6 nitrogen and oxygen atoms in total. The predicted octanol–water partition coefficient (Wildman–Crippen LogP) is 0.599. The van der Waals surface area contributed by atoms with E-state index < -0.39 is 10.0 Å². The Kier molecular flexibility index (Phi) is 5.50. The molecular formula is C15H29N3O3S. The number of hydrogen-bond acceptors (Lipinski definition) is 4. The lowest BCUT2D eigenvalue weighted by molar-refractivity contribution is -0.139. The maximum absolute atomic E-state index is 12.7. The SMILES string of the molecule is CC(C)N1CCC(C(=O)N2CCN(S(C)(=O)=O)[C@@H](C)C2)CC1. The first-order chi connectivity index (χ1) is 10.2. The van der Waals surface area contributed by atoms with Crippen LogP contribution in [0.2, 0.25) is 0 Å². The van der Waals surface area contributed by atoms with Crippen LogP contribution >= 0.6 is 0 Å². The van der Waals surface area contributed by atoms with E-state index in [2.05, 4.69) is 18.7 Å². The van der Waals surface area contributed by atoms with Crippen LogP contribution in [-0.4, -0.2) is 79.5 Å². The number of nitrogens with zero attached hydrogens (tertiary/aromatic N) is 3. The third-order valence-corrected chi connectivity index (χ3v) is 6.31. The van der Waals surface area contributed by atoms with Crippen LogP contribution in [0.5, 0.6) is 0 Å². The number of piperazine rings is 1. The highest BCUT2D eigenvalue weighted by molar-refractivity contribution is 7.88. The second-order valence-corrected chi connectivity index (χ2v) is 8.85. The van der Waals surface area contributed by atoms with Crippen molar-refractivity contribution in [2.75, 3.05) is 39.0 Å². The van der Waals surface area contributed by atoms with Gasteiger partial charge in [-0.1, -0.05) is 0 Å². The van der Waals surface area contributed by atoms with Crippen molar-refractivity contribution in [1.29, 1.82) is 0 Å². The van der Waals surface area contributed by atoms with E-state index >= 15 is 0 Å². The molecule has 0 bridgehead atoms. The van der Waals surface area contributed by atoms with Gasteiger partial charge in [0.1, 0.15) is 0 Å². The summed E-state index contributed by atoms with van der Waals surface area (Å²) in [6.45, 7) is 9.65. The number of sulfonamides is 1. The van der Waals surface area contributed by atoms with E-state index in [1.807, 2.05) is 11.8 Å². The lowest BCUT2D eigenvalue weighted by Crippen LogP contribution is -2.56. The summed E-state index contributed by atoms with van der Waals surface area (Å²) in [7, 11) is -3.18. The zero-order chi connectivity index (χ0) is 16.5. The molecule has 7 heteroatoms. The van der Waals surface area contributed by atoms with Crippen molar-refractivity contribution >= 4 is 15.9 Å². The summed E-state index contributed by atoms with van der Waals surface area (Å²) >= 11 is 0. The number of rotatable bonds is 3. The van der Waals surface area contributed by atoms with Crippen molar-refractivity contribution in [2.24, 2.45) is 5.92 Å². The Hall–Kier alpha value is -0.660.